The zero-order valence-electron chi connectivity index (χ0n) is 9.58. The molecular formula is C12H18N2O. The fourth-order valence-electron chi connectivity index (χ4n) is 1.45. The van der Waals surface area contributed by atoms with Crippen molar-refractivity contribution in [1.82, 2.24) is 4.57 Å². The summed E-state index contributed by atoms with van der Waals surface area (Å²) < 4.78 is 1.72. The minimum absolute atomic E-state index is 0.0175. The van der Waals surface area contributed by atoms with Crippen molar-refractivity contribution in [2.24, 2.45) is 0 Å². The molecule has 0 aliphatic rings. The third-order valence-corrected chi connectivity index (χ3v) is 2.40. The second-order valence-electron chi connectivity index (χ2n) is 3.93. The second kappa shape index (κ2) is 4.82. The van der Waals surface area contributed by atoms with Crippen molar-refractivity contribution in [3.63, 3.8) is 0 Å². The first-order valence-electron chi connectivity index (χ1n) is 5.11. The van der Waals surface area contributed by atoms with Gasteiger partial charge in [-0.25, -0.2) is 0 Å². The van der Waals surface area contributed by atoms with Gasteiger partial charge < -0.3 is 10.3 Å². The predicted octanol–water partition coefficient (Wildman–Crippen LogP) is 2.10. The highest BCUT2D eigenvalue weighted by molar-refractivity contribution is 5.41. The lowest BCUT2D eigenvalue weighted by Crippen LogP contribution is -2.22. The summed E-state index contributed by atoms with van der Waals surface area (Å²) >= 11 is 0. The van der Waals surface area contributed by atoms with Crippen LogP contribution in [-0.2, 0) is 6.54 Å². The summed E-state index contributed by atoms with van der Waals surface area (Å²) in [4.78, 5) is 11.6. The van der Waals surface area contributed by atoms with E-state index in [1.54, 1.807) is 10.6 Å². The number of anilines is 1. The molecule has 0 amide bonds. The van der Waals surface area contributed by atoms with Crippen molar-refractivity contribution >= 4 is 5.69 Å². The van der Waals surface area contributed by atoms with Crippen LogP contribution < -0.4 is 11.3 Å². The van der Waals surface area contributed by atoms with Gasteiger partial charge in [-0.2, -0.15) is 0 Å². The van der Waals surface area contributed by atoms with E-state index in [1.165, 1.54) is 11.6 Å². The van der Waals surface area contributed by atoms with Gasteiger partial charge in [0.05, 0.1) is 5.69 Å². The Labute approximate surface area is 90.2 Å². The first-order chi connectivity index (χ1) is 7.02. The molecule has 0 aliphatic heterocycles. The molecule has 0 bridgehead atoms. The molecule has 1 heterocycles. The molecule has 0 radical (unpaired) electrons. The summed E-state index contributed by atoms with van der Waals surface area (Å²) in [6, 6.07) is 3.18. The monoisotopic (exact) mass is 206 g/mol. The van der Waals surface area contributed by atoms with Crippen LogP contribution in [0.15, 0.2) is 28.6 Å². The van der Waals surface area contributed by atoms with Crippen LogP contribution in [0, 0.1) is 6.92 Å². The third-order valence-electron chi connectivity index (χ3n) is 2.40. The van der Waals surface area contributed by atoms with Gasteiger partial charge in [0.15, 0.2) is 0 Å². The van der Waals surface area contributed by atoms with Crippen molar-refractivity contribution in [1.29, 1.82) is 0 Å². The number of pyridine rings is 1. The van der Waals surface area contributed by atoms with Gasteiger partial charge in [0.1, 0.15) is 0 Å². The average molecular weight is 206 g/mol. The molecule has 0 saturated heterocycles. The molecule has 15 heavy (non-hydrogen) atoms. The Bertz CT molecular complexity index is 426. The molecule has 0 saturated carbocycles. The van der Waals surface area contributed by atoms with Crippen LogP contribution >= 0.6 is 0 Å². The number of allylic oxidation sites excluding steroid dienone is 2. The van der Waals surface area contributed by atoms with E-state index in [4.69, 9.17) is 5.73 Å². The highest BCUT2D eigenvalue weighted by atomic mass is 16.1. The smallest absolute Gasteiger partial charge is 0.250 e. The molecule has 1 rings (SSSR count). The molecule has 3 heteroatoms. The number of nitrogens with two attached hydrogens (primary N) is 1. The lowest BCUT2D eigenvalue weighted by Gasteiger charge is -2.10. The molecule has 0 aliphatic carbocycles. The van der Waals surface area contributed by atoms with Gasteiger partial charge >= 0.3 is 0 Å². The third kappa shape index (κ3) is 2.98. The standard InChI is InChI=1S/C12H18N2O/c1-9(2)5-4-8-14-10(3)11(13)6-7-12(14)15/h5-7H,4,8,13H2,1-3H3. The molecule has 82 valence electrons. The Balaban J connectivity index is 2.90. The maximum atomic E-state index is 11.6. The molecule has 2 N–H and O–H groups in total. The van der Waals surface area contributed by atoms with Crippen LogP contribution in [0.25, 0.3) is 0 Å². The van der Waals surface area contributed by atoms with Crippen molar-refractivity contribution in [2.75, 3.05) is 5.73 Å². The molecule has 0 spiro atoms. The van der Waals surface area contributed by atoms with Gasteiger partial charge in [0.2, 0.25) is 0 Å². The summed E-state index contributed by atoms with van der Waals surface area (Å²) in [5.74, 6) is 0. The zero-order chi connectivity index (χ0) is 11.4. The van der Waals surface area contributed by atoms with E-state index in [2.05, 4.69) is 19.9 Å². The average Bonchev–Trinajstić information content (AvgIpc) is 2.17. The Morgan fingerprint density at radius 2 is 2.13 bits per heavy atom. The molecule has 1 aromatic rings. The van der Waals surface area contributed by atoms with Crippen LogP contribution in [0.4, 0.5) is 5.69 Å². The zero-order valence-corrected chi connectivity index (χ0v) is 9.58. The van der Waals surface area contributed by atoms with Gasteiger partial charge in [0, 0.05) is 18.3 Å². The summed E-state index contributed by atoms with van der Waals surface area (Å²) in [7, 11) is 0. The molecule has 0 fully saturated rings. The maximum Gasteiger partial charge on any atom is 0.250 e. The Morgan fingerprint density at radius 1 is 1.47 bits per heavy atom. The number of hydrogen-bond acceptors (Lipinski definition) is 2. The van der Waals surface area contributed by atoms with Crippen LogP contribution in [0.2, 0.25) is 0 Å². The highest BCUT2D eigenvalue weighted by Gasteiger charge is 2.01. The normalized spacial score (nSPS) is 10.1. The quantitative estimate of drug-likeness (QED) is 0.770. The first-order valence-corrected chi connectivity index (χ1v) is 5.11. The molecule has 1 aromatic heterocycles. The fourth-order valence-corrected chi connectivity index (χ4v) is 1.45. The topological polar surface area (TPSA) is 48.0 Å². The van der Waals surface area contributed by atoms with Crippen LogP contribution in [0.1, 0.15) is 26.0 Å². The molecule has 3 nitrogen and oxygen atoms in total. The van der Waals surface area contributed by atoms with E-state index >= 15 is 0 Å². The Morgan fingerprint density at radius 3 is 2.73 bits per heavy atom. The van der Waals surface area contributed by atoms with Gasteiger partial charge in [-0.15, -0.1) is 0 Å². The lowest BCUT2D eigenvalue weighted by atomic mass is 10.2. The Hall–Kier alpha value is -1.51. The summed E-state index contributed by atoms with van der Waals surface area (Å²) in [5, 5.41) is 0. The van der Waals surface area contributed by atoms with E-state index in [-0.39, 0.29) is 5.56 Å². The minimum atomic E-state index is 0.0175. The van der Waals surface area contributed by atoms with Crippen LogP contribution in [0.3, 0.4) is 0 Å². The number of rotatable bonds is 3. The highest BCUT2D eigenvalue weighted by Crippen LogP contribution is 2.07. The summed E-state index contributed by atoms with van der Waals surface area (Å²) in [6.45, 7) is 6.67. The van der Waals surface area contributed by atoms with E-state index in [9.17, 15) is 4.79 Å². The Kier molecular flexibility index (Phi) is 3.72. The molecular weight excluding hydrogens is 188 g/mol. The second-order valence-corrected chi connectivity index (χ2v) is 3.93. The van der Waals surface area contributed by atoms with Gasteiger partial charge in [-0.1, -0.05) is 11.6 Å². The van der Waals surface area contributed by atoms with Gasteiger partial charge in [0.25, 0.3) is 5.56 Å². The first kappa shape index (κ1) is 11.6. The number of aromatic nitrogens is 1. The largest absolute Gasteiger partial charge is 0.397 e. The van der Waals surface area contributed by atoms with Crippen LogP contribution in [0.5, 0.6) is 0 Å². The van der Waals surface area contributed by atoms with Crippen molar-refractivity contribution < 1.29 is 0 Å². The van der Waals surface area contributed by atoms with Crippen LogP contribution in [-0.4, -0.2) is 4.57 Å². The maximum absolute atomic E-state index is 11.6. The minimum Gasteiger partial charge on any atom is -0.397 e. The van der Waals surface area contributed by atoms with E-state index in [0.29, 0.717) is 12.2 Å². The summed E-state index contributed by atoms with van der Waals surface area (Å²) in [5.41, 5.74) is 8.56. The molecule has 0 atom stereocenters. The number of nitrogen functional groups attached to an aromatic ring is 1. The van der Waals surface area contributed by atoms with E-state index < -0.39 is 0 Å². The van der Waals surface area contributed by atoms with Crippen molar-refractivity contribution in [3.05, 3.63) is 39.8 Å². The van der Waals surface area contributed by atoms with Crippen molar-refractivity contribution in [2.45, 2.75) is 33.7 Å². The van der Waals surface area contributed by atoms with Crippen molar-refractivity contribution in [3.8, 4) is 0 Å². The van der Waals surface area contributed by atoms with E-state index in [1.807, 2.05) is 6.92 Å². The fraction of sp³-hybridized carbons (Fsp3) is 0.417. The predicted molar refractivity (Wildman–Crippen MR) is 63.9 cm³/mol. The number of hydrogen-bond donors (Lipinski definition) is 1. The number of nitrogens with zero attached hydrogens (tertiary/aromatic N) is 1. The molecule has 0 unspecified atom stereocenters. The van der Waals surface area contributed by atoms with E-state index in [0.717, 1.165) is 12.1 Å². The lowest BCUT2D eigenvalue weighted by molar-refractivity contribution is 0.660. The van der Waals surface area contributed by atoms with Gasteiger partial charge in [-0.3, -0.25) is 4.79 Å². The SMILES string of the molecule is CC(C)=CCCn1c(C)c(N)ccc1=O. The summed E-state index contributed by atoms with van der Waals surface area (Å²) in [6.07, 6.45) is 2.99. The molecule has 0 aromatic carbocycles. The van der Waals surface area contributed by atoms with Gasteiger partial charge in [-0.05, 0) is 33.3 Å².